The molecule has 2 fully saturated rings. The van der Waals surface area contributed by atoms with Crippen LogP contribution >= 0.6 is 0 Å². The molecule has 2 aromatic rings. The van der Waals surface area contributed by atoms with E-state index in [0.717, 1.165) is 25.1 Å². The first-order valence-electron chi connectivity index (χ1n) is 10.7. The molecule has 2 heterocycles. The summed E-state index contributed by atoms with van der Waals surface area (Å²) in [6.07, 6.45) is 3.78. The third-order valence-electron chi connectivity index (χ3n) is 5.98. The number of rotatable bonds is 5. The van der Waals surface area contributed by atoms with Crippen molar-refractivity contribution >= 4 is 17.5 Å². The van der Waals surface area contributed by atoms with Gasteiger partial charge in [0.1, 0.15) is 0 Å². The number of hydrogen-bond donors (Lipinski definition) is 0. The first-order valence-corrected chi connectivity index (χ1v) is 10.7. The Hall–Kier alpha value is -2.82. The molecule has 0 saturated carbocycles. The smallest absolute Gasteiger partial charge is 0.253 e. The average molecular weight is 392 g/mol. The molecule has 0 aromatic heterocycles. The average Bonchev–Trinajstić information content (AvgIpc) is 3.33. The van der Waals surface area contributed by atoms with Gasteiger partial charge < -0.3 is 14.7 Å². The minimum atomic E-state index is 0.0642. The van der Waals surface area contributed by atoms with Gasteiger partial charge in [-0.05, 0) is 49.1 Å². The van der Waals surface area contributed by atoms with E-state index >= 15 is 0 Å². The molecule has 0 unspecified atom stereocenters. The molecule has 2 aromatic carbocycles. The van der Waals surface area contributed by atoms with E-state index in [1.165, 1.54) is 24.1 Å². The lowest BCUT2D eigenvalue weighted by molar-refractivity contribution is -0.132. The van der Waals surface area contributed by atoms with E-state index in [1.807, 2.05) is 40.1 Å². The Morgan fingerprint density at radius 3 is 2.00 bits per heavy atom. The fraction of sp³-hybridized carbons (Fsp3) is 0.417. The Bertz CT molecular complexity index is 821. The molecule has 0 bridgehead atoms. The van der Waals surface area contributed by atoms with Crippen LogP contribution in [0.15, 0.2) is 54.6 Å². The summed E-state index contributed by atoms with van der Waals surface area (Å²) in [5.74, 6) is 0.241. The van der Waals surface area contributed by atoms with Gasteiger partial charge >= 0.3 is 0 Å². The van der Waals surface area contributed by atoms with Gasteiger partial charge in [-0.3, -0.25) is 9.59 Å². The number of amides is 2. The quantitative estimate of drug-likeness (QED) is 0.786. The lowest BCUT2D eigenvalue weighted by Crippen LogP contribution is -2.50. The zero-order valence-corrected chi connectivity index (χ0v) is 16.9. The van der Waals surface area contributed by atoms with E-state index < -0.39 is 0 Å². The molecule has 5 heteroatoms. The van der Waals surface area contributed by atoms with Gasteiger partial charge in [0.05, 0.1) is 0 Å². The van der Waals surface area contributed by atoms with E-state index in [9.17, 15) is 9.59 Å². The van der Waals surface area contributed by atoms with Crippen molar-refractivity contribution in [1.29, 1.82) is 0 Å². The molecule has 2 amide bonds. The molecule has 0 N–H and O–H groups in total. The van der Waals surface area contributed by atoms with Crippen molar-refractivity contribution in [2.45, 2.75) is 25.7 Å². The summed E-state index contributed by atoms with van der Waals surface area (Å²) in [5.41, 5.74) is 3.12. The van der Waals surface area contributed by atoms with Crippen LogP contribution in [0.3, 0.4) is 0 Å². The maximum absolute atomic E-state index is 12.8. The number of hydrogen-bond acceptors (Lipinski definition) is 3. The Kier molecular flexibility index (Phi) is 6.13. The van der Waals surface area contributed by atoms with Crippen LogP contribution in [-0.2, 0) is 11.2 Å². The Morgan fingerprint density at radius 2 is 1.34 bits per heavy atom. The van der Waals surface area contributed by atoms with Gasteiger partial charge in [0.15, 0.2) is 0 Å². The molecule has 0 atom stereocenters. The number of anilines is 1. The van der Waals surface area contributed by atoms with Crippen LogP contribution in [0.4, 0.5) is 5.69 Å². The molecule has 0 radical (unpaired) electrons. The number of aryl methyl sites for hydroxylation is 1. The molecule has 29 heavy (non-hydrogen) atoms. The predicted molar refractivity (Wildman–Crippen MR) is 115 cm³/mol. The summed E-state index contributed by atoms with van der Waals surface area (Å²) < 4.78 is 0. The molecule has 2 aliphatic rings. The largest absolute Gasteiger partial charge is 0.372 e. The summed E-state index contributed by atoms with van der Waals surface area (Å²) in [7, 11) is 0. The zero-order chi connectivity index (χ0) is 20.1. The number of benzene rings is 2. The van der Waals surface area contributed by atoms with Crippen LogP contribution in [0.25, 0.3) is 0 Å². The van der Waals surface area contributed by atoms with E-state index in [1.54, 1.807) is 0 Å². The molecular formula is C24H29N3O2. The van der Waals surface area contributed by atoms with Gasteiger partial charge in [0.2, 0.25) is 5.91 Å². The van der Waals surface area contributed by atoms with Gasteiger partial charge in [-0.2, -0.15) is 0 Å². The second-order valence-corrected chi connectivity index (χ2v) is 7.90. The first kappa shape index (κ1) is 19.5. The number of carbonyl (C=O) groups is 2. The standard InChI is InChI=1S/C24H29N3O2/c28-23(13-8-20-6-2-1-3-7-20)26-16-18-27(19-17-26)24(29)21-9-11-22(12-10-21)25-14-4-5-15-25/h1-3,6-7,9-12H,4-5,8,13-19H2. The lowest BCUT2D eigenvalue weighted by Gasteiger charge is -2.35. The Morgan fingerprint density at radius 1 is 0.724 bits per heavy atom. The summed E-state index contributed by atoms with van der Waals surface area (Å²) in [6.45, 7) is 4.64. The highest BCUT2D eigenvalue weighted by Crippen LogP contribution is 2.21. The lowest BCUT2D eigenvalue weighted by atomic mass is 10.1. The Labute approximate surface area is 172 Å². The van der Waals surface area contributed by atoms with Crippen molar-refractivity contribution in [3.05, 3.63) is 65.7 Å². The molecule has 5 nitrogen and oxygen atoms in total. The van der Waals surface area contributed by atoms with Crippen molar-refractivity contribution in [3.63, 3.8) is 0 Å². The van der Waals surface area contributed by atoms with Crippen LogP contribution < -0.4 is 4.90 Å². The zero-order valence-electron chi connectivity index (χ0n) is 16.9. The first-order chi connectivity index (χ1) is 14.2. The predicted octanol–water partition coefficient (Wildman–Crippen LogP) is 3.20. The summed E-state index contributed by atoms with van der Waals surface area (Å²) >= 11 is 0. The highest BCUT2D eigenvalue weighted by molar-refractivity contribution is 5.94. The number of nitrogens with zero attached hydrogens (tertiary/aromatic N) is 3. The van der Waals surface area contributed by atoms with Gasteiger partial charge in [-0.25, -0.2) is 0 Å². The summed E-state index contributed by atoms with van der Waals surface area (Å²) in [6, 6.07) is 18.1. The van der Waals surface area contributed by atoms with Crippen LogP contribution in [-0.4, -0.2) is 60.9 Å². The van der Waals surface area contributed by atoms with Gasteiger partial charge in [0, 0.05) is 56.9 Å². The fourth-order valence-electron chi connectivity index (χ4n) is 4.19. The van der Waals surface area contributed by atoms with Crippen molar-refractivity contribution < 1.29 is 9.59 Å². The van der Waals surface area contributed by atoms with Gasteiger partial charge in [0.25, 0.3) is 5.91 Å². The monoisotopic (exact) mass is 391 g/mol. The van der Waals surface area contributed by atoms with Crippen molar-refractivity contribution in [1.82, 2.24) is 9.80 Å². The van der Waals surface area contributed by atoms with E-state index in [-0.39, 0.29) is 11.8 Å². The van der Waals surface area contributed by atoms with Crippen LogP contribution in [0.1, 0.15) is 35.2 Å². The van der Waals surface area contributed by atoms with E-state index in [4.69, 9.17) is 0 Å². The summed E-state index contributed by atoms with van der Waals surface area (Å²) in [5, 5.41) is 0. The molecule has 2 aliphatic heterocycles. The highest BCUT2D eigenvalue weighted by atomic mass is 16.2. The molecular weight excluding hydrogens is 362 g/mol. The third kappa shape index (κ3) is 4.78. The molecule has 152 valence electrons. The summed E-state index contributed by atoms with van der Waals surface area (Å²) in [4.78, 5) is 31.5. The molecule has 4 rings (SSSR count). The maximum atomic E-state index is 12.8. The molecule has 0 spiro atoms. The van der Waals surface area contributed by atoms with Crippen molar-refractivity contribution in [2.24, 2.45) is 0 Å². The topological polar surface area (TPSA) is 43.9 Å². The highest BCUT2D eigenvalue weighted by Gasteiger charge is 2.25. The molecule has 0 aliphatic carbocycles. The van der Waals surface area contributed by atoms with Gasteiger partial charge in [-0.15, -0.1) is 0 Å². The van der Waals surface area contributed by atoms with E-state index in [2.05, 4.69) is 29.2 Å². The maximum Gasteiger partial charge on any atom is 0.253 e. The van der Waals surface area contributed by atoms with Crippen LogP contribution in [0, 0.1) is 0 Å². The van der Waals surface area contributed by atoms with E-state index in [0.29, 0.717) is 32.6 Å². The van der Waals surface area contributed by atoms with Crippen LogP contribution in [0.5, 0.6) is 0 Å². The second kappa shape index (κ2) is 9.12. The number of piperazine rings is 1. The molecule has 2 saturated heterocycles. The van der Waals surface area contributed by atoms with Crippen LogP contribution in [0.2, 0.25) is 0 Å². The minimum absolute atomic E-state index is 0.0642. The van der Waals surface area contributed by atoms with Crippen molar-refractivity contribution in [2.75, 3.05) is 44.2 Å². The number of carbonyl (C=O) groups excluding carboxylic acids is 2. The fourth-order valence-corrected chi connectivity index (χ4v) is 4.19. The second-order valence-electron chi connectivity index (χ2n) is 7.90. The third-order valence-corrected chi connectivity index (χ3v) is 5.98. The SMILES string of the molecule is O=C(CCc1ccccc1)N1CCN(C(=O)c2ccc(N3CCCC3)cc2)CC1. The Balaban J connectivity index is 1.26. The minimum Gasteiger partial charge on any atom is -0.372 e. The normalized spacial score (nSPS) is 16.9. The van der Waals surface area contributed by atoms with Gasteiger partial charge in [-0.1, -0.05) is 30.3 Å². The van der Waals surface area contributed by atoms with Crippen molar-refractivity contribution in [3.8, 4) is 0 Å².